The molecular formula is C15H20N2O. The number of carbonyl (C=O) groups is 1. The summed E-state index contributed by atoms with van der Waals surface area (Å²) in [6.45, 7) is 3.10. The molecule has 0 radical (unpaired) electrons. The molecule has 2 N–H and O–H groups in total. The van der Waals surface area contributed by atoms with Crippen molar-refractivity contribution < 1.29 is 4.79 Å². The van der Waals surface area contributed by atoms with E-state index in [9.17, 15) is 4.79 Å². The number of fused-ring (bicyclic) bond motifs is 1. The van der Waals surface area contributed by atoms with Crippen molar-refractivity contribution in [1.29, 1.82) is 0 Å². The molecule has 3 nitrogen and oxygen atoms in total. The summed E-state index contributed by atoms with van der Waals surface area (Å²) in [5, 5.41) is 6.60. The second-order valence-corrected chi connectivity index (χ2v) is 5.55. The van der Waals surface area contributed by atoms with Crippen LogP contribution in [0.25, 0.3) is 0 Å². The summed E-state index contributed by atoms with van der Waals surface area (Å²) in [6.07, 6.45) is 3.14. The van der Waals surface area contributed by atoms with E-state index in [1.807, 2.05) is 12.1 Å². The van der Waals surface area contributed by atoms with Crippen LogP contribution in [0, 0.1) is 0 Å². The van der Waals surface area contributed by atoms with E-state index >= 15 is 0 Å². The largest absolute Gasteiger partial charge is 0.352 e. The molecule has 1 fully saturated rings. The van der Waals surface area contributed by atoms with Crippen LogP contribution in [0.3, 0.4) is 0 Å². The third-order valence-corrected chi connectivity index (χ3v) is 4.18. The van der Waals surface area contributed by atoms with E-state index in [2.05, 4.69) is 29.7 Å². The number of carbonyl (C=O) groups excluding carboxylic acids is 1. The predicted octanol–water partition coefficient (Wildman–Crippen LogP) is 1.58. The topological polar surface area (TPSA) is 41.1 Å². The molecule has 0 spiro atoms. The molecule has 1 aromatic carbocycles. The molecule has 3 unspecified atom stereocenters. The zero-order chi connectivity index (χ0) is 12.5. The van der Waals surface area contributed by atoms with Gasteiger partial charge in [0, 0.05) is 18.6 Å². The van der Waals surface area contributed by atoms with Gasteiger partial charge in [-0.3, -0.25) is 4.79 Å². The van der Waals surface area contributed by atoms with Gasteiger partial charge in [-0.25, -0.2) is 0 Å². The van der Waals surface area contributed by atoms with Gasteiger partial charge in [-0.1, -0.05) is 24.3 Å². The SMILES string of the molecule is CC1CCC(NC(=O)C2Cc3ccccc32)CN1. The number of benzene rings is 1. The van der Waals surface area contributed by atoms with Crippen molar-refractivity contribution in [3.8, 4) is 0 Å². The lowest BCUT2D eigenvalue weighted by atomic mass is 9.77. The van der Waals surface area contributed by atoms with Crippen LogP contribution >= 0.6 is 0 Å². The second kappa shape index (κ2) is 4.73. The lowest BCUT2D eigenvalue weighted by molar-refractivity contribution is -0.124. The fourth-order valence-electron chi connectivity index (χ4n) is 2.92. The highest BCUT2D eigenvalue weighted by molar-refractivity contribution is 5.87. The highest BCUT2D eigenvalue weighted by Gasteiger charge is 2.33. The molecule has 1 aliphatic heterocycles. The minimum Gasteiger partial charge on any atom is -0.352 e. The van der Waals surface area contributed by atoms with Gasteiger partial charge in [0.2, 0.25) is 5.91 Å². The minimum atomic E-state index is 0.0838. The van der Waals surface area contributed by atoms with Crippen LogP contribution in [0.4, 0.5) is 0 Å². The first-order chi connectivity index (χ1) is 8.74. The maximum absolute atomic E-state index is 12.2. The Morgan fingerprint density at radius 3 is 2.89 bits per heavy atom. The van der Waals surface area contributed by atoms with Gasteiger partial charge in [0.05, 0.1) is 5.92 Å². The van der Waals surface area contributed by atoms with Crippen molar-refractivity contribution in [1.82, 2.24) is 10.6 Å². The number of nitrogens with one attached hydrogen (secondary N) is 2. The zero-order valence-electron chi connectivity index (χ0n) is 10.8. The monoisotopic (exact) mass is 244 g/mol. The number of hydrogen-bond acceptors (Lipinski definition) is 2. The molecule has 1 aromatic rings. The van der Waals surface area contributed by atoms with Crippen molar-refractivity contribution in [3.05, 3.63) is 35.4 Å². The van der Waals surface area contributed by atoms with Crippen LogP contribution in [0.1, 0.15) is 36.8 Å². The smallest absolute Gasteiger partial charge is 0.228 e. The van der Waals surface area contributed by atoms with E-state index in [0.717, 1.165) is 25.8 Å². The van der Waals surface area contributed by atoms with Crippen molar-refractivity contribution in [3.63, 3.8) is 0 Å². The molecule has 3 heteroatoms. The fourth-order valence-corrected chi connectivity index (χ4v) is 2.92. The highest BCUT2D eigenvalue weighted by Crippen LogP contribution is 2.34. The Hall–Kier alpha value is -1.35. The summed E-state index contributed by atoms with van der Waals surface area (Å²) in [5.41, 5.74) is 2.54. The van der Waals surface area contributed by atoms with Crippen LogP contribution < -0.4 is 10.6 Å². The lowest BCUT2D eigenvalue weighted by Gasteiger charge is -2.33. The van der Waals surface area contributed by atoms with Gasteiger partial charge in [-0.05, 0) is 37.3 Å². The summed E-state index contributed by atoms with van der Waals surface area (Å²) in [4.78, 5) is 12.2. The summed E-state index contributed by atoms with van der Waals surface area (Å²) in [5.74, 6) is 0.288. The first kappa shape index (κ1) is 11.7. The molecule has 18 heavy (non-hydrogen) atoms. The highest BCUT2D eigenvalue weighted by atomic mass is 16.2. The van der Waals surface area contributed by atoms with Gasteiger partial charge >= 0.3 is 0 Å². The maximum Gasteiger partial charge on any atom is 0.228 e. The third kappa shape index (κ3) is 2.15. The van der Waals surface area contributed by atoms with Gasteiger partial charge in [0.25, 0.3) is 0 Å². The first-order valence-corrected chi connectivity index (χ1v) is 6.85. The molecular weight excluding hydrogens is 224 g/mol. The van der Waals surface area contributed by atoms with Crippen LogP contribution in [0.5, 0.6) is 0 Å². The molecule has 3 atom stereocenters. The maximum atomic E-state index is 12.2. The van der Waals surface area contributed by atoms with Crippen molar-refractivity contribution in [2.75, 3.05) is 6.54 Å². The predicted molar refractivity (Wildman–Crippen MR) is 71.5 cm³/mol. The van der Waals surface area contributed by atoms with Gasteiger partial charge in [0.1, 0.15) is 0 Å². The summed E-state index contributed by atoms with van der Waals surface area (Å²) >= 11 is 0. The minimum absolute atomic E-state index is 0.0838. The zero-order valence-corrected chi connectivity index (χ0v) is 10.8. The number of amides is 1. The normalized spacial score (nSPS) is 30.2. The fraction of sp³-hybridized carbons (Fsp3) is 0.533. The molecule has 0 saturated carbocycles. The Labute approximate surface area is 108 Å². The first-order valence-electron chi connectivity index (χ1n) is 6.85. The lowest BCUT2D eigenvalue weighted by Crippen LogP contribution is -2.50. The van der Waals surface area contributed by atoms with Gasteiger partial charge < -0.3 is 10.6 Å². The standard InChI is InChI=1S/C15H20N2O/c1-10-6-7-12(9-16-10)17-15(18)14-8-11-4-2-3-5-13(11)14/h2-5,10,12,14,16H,6-9H2,1H3,(H,17,18). The Kier molecular flexibility index (Phi) is 3.08. The van der Waals surface area contributed by atoms with E-state index in [1.165, 1.54) is 11.1 Å². The van der Waals surface area contributed by atoms with Crippen molar-refractivity contribution in [2.24, 2.45) is 0 Å². The average molecular weight is 244 g/mol. The van der Waals surface area contributed by atoms with Crippen LogP contribution in [-0.4, -0.2) is 24.5 Å². The second-order valence-electron chi connectivity index (χ2n) is 5.55. The third-order valence-electron chi connectivity index (χ3n) is 4.18. The molecule has 1 heterocycles. The molecule has 96 valence electrons. The molecule has 0 bridgehead atoms. The molecule has 2 aliphatic rings. The Balaban J connectivity index is 1.57. The van der Waals surface area contributed by atoms with Crippen LogP contribution in [-0.2, 0) is 11.2 Å². The molecule has 1 amide bonds. The number of rotatable bonds is 2. The quantitative estimate of drug-likeness (QED) is 0.829. The Morgan fingerprint density at radius 2 is 2.17 bits per heavy atom. The van der Waals surface area contributed by atoms with E-state index in [4.69, 9.17) is 0 Å². The van der Waals surface area contributed by atoms with E-state index < -0.39 is 0 Å². The summed E-state index contributed by atoms with van der Waals surface area (Å²) < 4.78 is 0. The molecule has 0 aromatic heterocycles. The van der Waals surface area contributed by atoms with Crippen LogP contribution in [0.15, 0.2) is 24.3 Å². The molecule has 3 rings (SSSR count). The van der Waals surface area contributed by atoms with E-state index in [1.54, 1.807) is 0 Å². The van der Waals surface area contributed by atoms with E-state index in [-0.39, 0.29) is 11.8 Å². The van der Waals surface area contributed by atoms with Crippen molar-refractivity contribution >= 4 is 5.91 Å². The summed E-state index contributed by atoms with van der Waals surface area (Å²) in [6, 6.07) is 9.14. The van der Waals surface area contributed by atoms with Crippen LogP contribution in [0.2, 0.25) is 0 Å². The Bertz CT molecular complexity index is 450. The average Bonchev–Trinajstić information content (AvgIpc) is 2.34. The summed E-state index contributed by atoms with van der Waals surface area (Å²) in [7, 11) is 0. The molecule has 1 aliphatic carbocycles. The van der Waals surface area contributed by atoms with Gasteiger partial charge in [0.15, 0.2) is 0 Å². The van der Waals surface area contributed by atoms with Crippen molar-refractivity contribution in [2.45, 2.75) is 44.2 Å². The Morgan fingerprint density at radius 1 is 1.33 bits per heavy atom. The number of hydrogen-bond donors (Lipinski definition) is 2. The molecule has 1 saturated heterocycles. The number of piperidine rings is 1. The van der Waals surface area contributed by atoms with Gasteiger partial charge in [-0.2, -0.15) is 0 Å². The van der Waals surface area contributed by atoms with Gasteiger partial charge in [-0.15, -0.1) is 0 Å². The van der Waals surface area contributed by atoms with E-state index in [0.29, 0.717) is 12.1 Å².